The molecule has 0 saturated carbocycles. The van der Waals surface area contributed by atoms with E-state index >= 15 is 0 Å². The Morgan fingerprint density at radius 1 is 1.31 bits per heavy atom. The van der Waals surface area contributed by atoms with Crippen LogP contribution in [0.5, 0.6) is 0 Å². The van der Waals surface area contributed by atoms with Crippen LogP contribution in [0.3, 0.4) is 0 Å². The van der Waals surface area contributed by atoms with Crippen LogP contribution in [0.15, 0.2) is 24.3 Å². The summed E-state index contributed by atoms with van der Waals surface area (Å²) >= 11 is 0. The standard InChI is InChI=1S/C10H14N2O/c1-3-11-9-6-4-5-7-10(9)12-8(2)13/h4-7,11H,3H2,1-2H3,(H,12,13). The smallest absolute Gasteiger partial charge is 0.221 e. The quantitative estimate of drug-likeness (QED) is 0.744. The molecule has 1 aromatic rings. The molecule has 0 fully saturated rings. The highest BCUT2D eigenvalue weighted by molar-refractivity contribution is 5.92. The first kappa shape index (κ1) is 9.58. The highest BCUT2D eigenvalue weighted by Crippen LogP contribution is 2.20. The average Bonchev–Trinajstić information content (AvgIpc) is 2.08. The molecule has 1 amide bonds. The number of carbonyl (C=O) groups is 1. The predicted octanol–water partition coefficient (Wildman–Crippen LogP) is 2.08. The zero-order valence-corrected chi connectivity index (χ0v) is 7.92. The molecule has 0 aromatic heterocycles. The van der Waals surface area contributed by atoms with Crippen LogP contribution in [-0.2, 0) is 4.79 Å². The lowest BCUT2D eigenvalue weighted by Crippen LogP contribution is -2.08. The number of amides is 1. The minimum absolute atomic E-state index is 0.0506. The molecule has 1 rings (SSSR count). The number of hydrogen-bond donors (Lipinski definition) is 2. The van der Waals surface area contributed by atoms with Gasteiger partial charge in [0.15, 0.2) is 0 Å². The lowest BCUT2D eigenvalue weighted by molar-refractivity contribution is -0.114. The number of para-hydroxylation sites is 2. The van der Waals surface area contributed by atoms with E-state index < -0.39 is 0 Å². The van der Waals surface area contributed by atoms with E-state index in [0.29, 0.717) is 0 Å². The van der Waals surface area contributed by atoms with Crippen LogP contribution in [0.4, 0.5) is 11.4 Å². The molecule has 0 heterocycles. The fourth-order valence-corrected chi connectivity index (χ4v) is 1.13. The second-order valence-corrected chi connectivity index (χ2v) is 2.76. The monoisotopic (exact) mass is 178 g/mol. The van der Waals surface area contributed by atoms with Crippen LogP contribution >= 0.6 is 0 Å². The fourth-order valence-electron chi connectivity index (χ4n) is 1.13. The SMILES string of the molecule is CCNc1ccccc1NC(C)=O. The first-order valence-corrected chi connectivity index (χ1v) is 4.34. The van der Waals surface area contributed by atoms with Gasteiger partial charge in [0.05, 0.1) is 11.4 Å². The molecule has 3 nitrogen and oxygen atoms in total. The Morgan fingerprint density at radius 2 is 1.92 bits per heavy atom. The summed E-state index contributed by atoms with van der Waals surface area (Å²) < 4.78 is 0. The third kappa shape index (κ3) is 2.78. The summed E-state index contributed by atoms with van der Waals surface area (Å²) in [5.41, 5.74) is 1.79. The molecule has 0 atom stereocenters. The first-order chi connectivity index (χ1) is 6.24. The van der Waals surface area contributed by atoms with Gasteiger partial charge in [-0.05, 0) is 19.1 Å². The predicted molar refractivity (Wildman–Crippen MR) is 54.9 cm³/mol. The van der Waals surface area contributed by atoms with E-state index in [2.05, 4.69) is 10.6 Å². The Morgan fingerprint density at radius 3 is 2.46 bits per heavy atom. The van der Waals surface area contributed by atoms with Crippen molar-refractivity contribution in [2.24, 2.45) is 0 Å². The van der Waals surface area contributed by atoms with E-state index in [1.165, 1.54) is 6.92 Å². The molecule has 0 aliphatic heterocycles. The van der Waals surface area contributed by atoms with Crippen molar-refractivity contribution < 1.29 is 4.79 Å². The molecule has 0 radical (unpaired) electrons. The van der Waals surface area contributed by atoms with Crippen LogP contribution < -0.4 is 10.6 Å². The van der Waals surface area contributed by atoms with E-state index in [9.17, 15) is 4.79 Å². The third-order valence-electron chi connectivity index (χ3n) is 1.60. The van der Waals surface area contributed by atoms with Crippen molar-refractivity contribution in [3.05, 3.63) is 24.3 Å². The summed E-state index contributed by atoms with van der Waals surface area (Å²) in [7, 11) is 0. The Bertz CT molecular complexity index is 297. The molecule has 0 spiro atoms. The molecule has 0 aliphatic rings. The van der Waals surface area contributed by atoms with Gasteiger partial charge < -0.3 is 10.6 Å². The maximum absolute atomic E-state index is 10.8. The van der Waals surface area contributed by atoms with Gasteiger partial charge in [-0.25, -0.2) is 0 Å². The van der Waals surface area contributed by atoms with Crippen molar-refractivity contribution in [3.8, 4) is 0 Å². The normalized spacial score (nSPS) is 9.38. The van der Waals surface area contributed by atoms with Crippen molar-refractivity contribution in [1.82, 2.24) is 0 Å². The lowest BCUT2D eigenvalue weighted by atomic mass is 10.2. The van der Waals surface area contributed by atoms with Crippen LogP contribution in [0.1, 0.15) is 13.8 Å². The summed E-state index contributed by atoms with van der Waals surface area (Å²) in [6.07, 6.45) is 0. The van der Waals surface area contributed by atoms with Crippen LogP contribution in [0, 0.1) is 0 Å². The fraction of sp³-hybridized carbons (Fsp3) is 0.300. The number of nitrogens with one attached hydrogen (secondary N) is 2. The molecule has 0 saturated heterocycles. The van der Waals surface area contributed by atoms with Gasteiger partial charge in [0.25, 0.3) is 0 Å². The molecular weight excluding hydrogens is 164 g/mol. The van der Waals surface area contributed by atoms with Crippen molar-refractivity contribution in [1.29, 1.82) is 0 Å². The van der Waals surface area contributed by atoms with Gasteiger partial charge in [-0.15, -0.1) is 0 Å². The van der Waals surface area contributed by atoms with E-state index in [4.69, 9.17) is 0 Å². The van der Waals surface area contributed by atoms with Gasteiger partial charge >= 0.3 is 0 Å². The van der Waals surface area contributed by atoms with Gasteiger partial charge in [0, 0.05) is 13.5 Å². The maximum Gasteiger partial charge on any atom is 0.221 e. The first-order valence-electron chi connectivity index (χ1n) is 4.34. The van der Waals surface area contributed by atoms with Crippen molar-refractivity contribution in [2.75, 3.05) is 17.2 Å². The maximum atomic E-state index is 10.8. The van der Waals surface area contributed by atoms with E-state index in [0.717, 1.165) is 17.9 Å². The molecule has 1 aromatic carbocycles. The van der Waals surface area contributed by atoms with Crippen LogP contribution in [-0.4, -0.2) is 12.5 Å². The third-order valence-corrected chi connectivity index (χ3v) is 1.60. The molecular formula is C10H14N2O. The highest BCUT2D eigenvalue weighted by atomic mass is 16.1. The summed E-state index contributed by atoms with van der Waals surface area (Å²) in [6.45, 7) is 4.36. The van der Waals surface area contributed by atoms with Crippen molar-refractivity contribution in [2.45, 2.75) is 13.8 Å². The van der Waals surface area contributed by atoms with Crippen LogP contribution in [0.2, 0.25) is 0 Å². The molecule has 3 heteroatoms. The molecule has 0 unspecified atom stereocenters. The molecule has 2 N–H and O–H groups in total. The molecule has 13 heavy (non-hydrogen) atoms. The zero-order chi connectivity index (χ0) is 9.68. The number of anilines is 2. The van der Waals surface area contributed by atoms with E-state index in [1.54, 1.807) is 0 Å². The highest BCUT2D eigenvalue weighted by Gasteiger charge is 2.00. The molecule has 0 bridgehead atoms. The second kappa shape index (κ2) is 4.50. The summed E-state index contributed by atoms with van der Waals surface area (Å²) in [5.74, 6) is -0.0506. The molecule has 70 valence electrons. The zero-order valence-electron chi connectivity index (χ0n) is 7.92. The van der Waals surface area contributed by atoms with Gasteiger partial charge in [-0.3, -0.25) is 4.79 Å². The lowest BCUT2D eigenvalue weighted by Gasteiger charge is -2.09. The number of carbonyl (C=O) groups excluding carboxylic acids is 1. The van der Waals surface area contributed by atoms with Crippen LogP contribution in [0.25, 0.3) is 0 Å². The Balaban J connectivity index is 2.84. The van der Waals surface area contributed by atoms with Crippen molar-refractivity contribution in [3.63, 3.8) is 0 Å². The van der Waals surface area contributed by atoms with Gasteiger partial charge in [0.2, 0.25) is 5.91 Å². The number of hydrogen-bond acceptors (Lipinski definition) is 2. The number of benzene rings is 1. The second-order valence-electron chi connectivity index (χ2n) is 2.76. The van der Waals surface area contributed by atoms with Crippen molar-refractivity contribution >= 4 is 17.3 Å². The average molecular weight is 178 g/mol. The Hall–Kier alpha value is -1.51. The summed E-state index contributed by atoms with van der Waals surface area (Å²) in [5, 5.41) is 5.92. The van der Waals surface area contributed by atoms with E-state index in [-0.39, 0.29) is 5.91 Å². The van der Waals surface area contributed by atoms with Gasteiger partial charge in [-0.2, -0.15) is 0 Å². The van der Waals surface area contributed by atoms with Gasteiger partial charge in [-0.1, -0.05) is 12.1 Å². The Labute approximate surface area is 78.2 Å². The Kier molecular flexibility index (Phi) is 3.31. The minimum atomic E-state index is -0.0506. The summed E-state index contributed by atoms with van der Waals surface area (Å²) in [6, 6.07) is 7.64. The van der Waals surface area contributed by atoms with Gasteiger partial charge in [0.1, 0.15) is 0 Å². The summed E-state index contributed by atoms with van der Waals surface area (Å²) in [4.78, 5) is 10.8. The minimum Gasteiger partial charge on any atom is -0.384 e. The topological polar surface area (TPSA) is 41.1 Å². The number of rotatable bonds is 3. The van der Waals surface area contributed by atoms with E-state index in [1.807, 2.05) is 31.2 Å². The molecule has 0 aliphatic carbocycles. The largest absolute Gasteiger partial charge is 0.384 e.